The van der Waals surface area contributed by atoms with Crippen molar-refractivity contribution in [3.63, 3.8) is 0 Å². The van der Waals surface area contributed by atoms with Crippen LogP contribution in [0.3, 0.4) is 0 Å². The predicted octanol–water partition coefficient (Wildman–Crippen LogP) is 3.63. The quantitative estimate of drug-likeness (QED) is 0.875. The zero-order chi connectivity index (χ0) is 14.8. The van der Waals surface area contributed by atoms with Crippen molar-refractivity contribution < 1.29 is 4.39 Å². The van der Waals surface area contributed by atoms with Crippen LogP contribution in [-0.2, 0) is 18.8 Å². The van der Waals surface area contributed by atoms with E-state index in [0.717, 1.165) is 35.2 Å². The Balaban J connectivity index is 1.79. The molecule has 3 rings (SSSR count). The number of halogens is 1. The van der Waals surface area contributed by atoms with Gasteiger partial charge < -0.3 is 5.32 Å². The summed E-state index contributed by atoms with van der Waals surface area (Å²) in [6.45, 7) is 6.02. The topological polar surface area (TPSA) is 37.8 Å². The third-order valence-electron chi connectivity index (χ3n) is 3.49. The van der Waals surface area contributed by atoms with E-state index in [4.69, 9.17) is 4.98 Å². The fourth-order valence-electron chi connectivity index (χ4n) is 2.47. The van der Waals surface area contributed by atoms with Crippen LogP contribution < -0.4 is 5.32 Å². The number of hydrogen-bond acceptors (Lipinski definition) is 4. The van der Waals surface area contributed by atoms with Crippen molar-refractivity contribution in [2.75, 3.05) is 0 Å². The van der Waals surface area contributed by atoms with Crippen LogP contribution >= 0.6 is 11.8 Å². The smallest absolute Gasteiger partial charge is 0.139 e. The van der Waals surface area contributed by atoms with Gasteiger partial charge in [0.1, 0.15) is 11.6 Å². The molecule has 2 aromatic rings. The van der Waals surface area contributed by atoms with Gasteiger partial charge >= 0.3 is 0 Å². The standard InChI is InChI=1S/C16H18FN3S/c1-10(2)16-13-7-18-8-14(13)19-15(20-16)9-21-12-5-3-11(17)4-6-12/h3-6,10,18H,7-9H2,1-2H3. The van der Waals surface area contributed by atoms with E-state index in [1.165, 1.54) is 17.7 Å². The second kappa shape index (κ2) is 6.12. The summed E-state index contributed by atoms with van der Waals surface area (Å²) in [5.41, 5.74) is 3.55. The number of nitrogens with one attached hydrogen (secondary N) is 1. The number of rotatable bonds is 4. The van der Waals surface area contributed by atoms with Gasteiger partial charge in [0.15, 0.2) is 0 Å². The van der Waals surface area contributed by atoms with E-state index in [1.54, 1.807) is 23.9 Å². The van der Waals surface area contributed by atoms with Crippen LogP contribution in [0.2, 0.25) is 0 Å². The van der Waals surface area contributed by atoms with E-state index in [-0.39, 0.29) is 5.82 Å². The zero-order valence-electron chi connectivity index (χ0n) is 12.2. The lowest BCUT2D eigenvalue weighted by atomic mass is 10.0. The molecule has 2 heterocycles. The molecule has 3 nitrogen and oxygen atoms in total. The molecule has 0 saturated heterocycles. The number of benzene rings is 1. The lowest BCUT2D eigenvalue weighted by Gasteiger charge is -2.12. The summed E-state index contributed by atoms with van der Waals surface area (Å²) in [5.74, 6) is 1.76. The van der Waals surface area contributed by atoms with Crippen molar-refractivity contribution >= 4 is 11.8 Å². The van der Waals surface area contributed by atoms with Crippen molar-refractivity contribution in [1.82, 2.24) is 15.3 Å². The van der Waals surface area contributed by atoms with Crippen LogP contribution in [0.5, 0.6) is 0 Å². The van der Waals surface area contributed by atoms with Gasteiger partial charge in [-0.15, -0.1) is 11.8 Å². The first-order valence-electron chi connectivity index (χ1n) is 7.11. The molecular formula is C16H18FN3S. The third kappa shape index (κ3) is 3.24. The van der Waals surface area contributed by atoms with Crippen LogP contribution in [0.1, 0.15) is 42.5 Å². The van der Waals surface area contributed by atoms with Crippen molar-refractivity contribution in [1.29, 1.82) is 0 Å². The predicted molar refractivity (Wildman–Crippen MR) is 82.6 cm³/mol. The molecule has 0 radical (unpaired) electrons. The number of thioether (sulfide) groups is 1. The minimum atomic E-state index is -0.207. The summed E-state index contributed by atoms with van der Waals surface area (Å²) in [6, 6.07) is 6.54. The van der Waals surface area contributed by atoms with E-state index in [9.17, 15) is 4.39 Å². The Kier molecular flexibility index (Phi) is 4.22. The van der Waals surface area contributed by atoms with Gasteiger partial charge in [0.25, 0.3) is 0 Å². The highest BCUT2D eigenvalue weighted by molar-refractivity contribution is 7.98. The maximum Gasteiger partial charge on any atom is 0.139 e. The Morgan fingerprint density at radius 2 is 1.95 bits per heavy atom. The van der Waals surface area contributed by atoms with Gasteiger partial charge in [-0.05, 0) is 30.2 Å². The third-order valence-corrected chi connectivity index (χ3v) is 4.50. The summed E-state index contributed by atoms with van der Waals surface area (Å²) >= 11 is 1.64. The maximum absolute atomic E-state index is 12.9. The first-order valence-corrected chi connectivity index (χ1v) is 8.09. The van der Waals surface area contributed by atoms with Gasteiger partial charge in [0.05, 0.1) is 17.1 Å². The molecule has 0 bridgehead atoms. The molecule has 1 aromatic carbocycles. The molecule has 21 heavy (non-hydrogen) atoms. The van der Waals surface area contributed by atoms with Gasteiger partial charge in [0.2, 0.25) is 0 Å². The first kappa shape index (κ1) is 14.5. The fourth-order valence-corrected chi connectivity index (χ4v) is 3.22. The molecule has 0 unspecified atom stereocenters. The SMILES string of the molecule is CC(C)c1nc(CSc2ccc(F)cc2)nc2c1CNC2. The summed E-state index contributed by atoms with van der Waals surface area (Å²) in [7, 11) is 0. The van der Waals surface area contributed by atoms with E-state index in [2.05, 4.69) is 24.1 Å². The molecule has 0 aliphatic carbocycles. The number of fused-ring (bicyclic) bond motifs is 1. The summed E-state index contributed by atoms with van der Waals surface area (Å²) in [6.07, 6.45) is 0. The number of hydrogen-bond donors (Lipinski definition) is 1. The monoisotopic (exact) mass is 303 g/mol. The highest BCUT2D eigenvalue weighted by Crippen LogP contribution is 2.26. The molecule has 1 N–H and O–H groups in total. The van der Waals surface area contributed by atoms with Gasteiger partial charge in [-0.3, -0.25) is 0 Å². The molecule has 0 saturated carbocycles. The van der Waals surface area contributed by atoms with Crippen LogP contribution in [0.4, 0.5) is 4.39 Å². The summed E-state index contributed by atoms with van der Waals surface area (Å²) in [5, 5.41) is 3.34. The van der Waals surface area contributed by atoms with Gasteiger partial charge in [0, 0.05) is 23.5 Å². The largest absolute Gasteiger partial charge is 0.307 e. The second-order valence-electron chi connectivity index (χ2n) is 5.45. The highest BCUT2D eigenvalue weighted by Gasteiger charge is 2.20. The van der Waals surface area contributed by atoms with Crippen molar-refractivity contribution in [2.45, 2.75) is 43.5 Å². The Bertz CT molecular complexity index is 641. The van der Waals surface area contributed by atoms with E-state index in [1.807, 2.05) is 0 Å². The Labute approximate surface area is 128 Å². The van der Waals surface area contributed by atoms with Gasteiger partial charge in [-0.2, -0.15) is 0 Å². The fraction of sp³-hybridized carbons (Fsp3) is 0.375. The van der Waals surface area contributed by atoms with E-state index in [0.29, 0.717) is 11.7 Å². The first-order chi connectivity index (χ1) is 10.1. The highest BCUT2D eigenvalue weighted by atomic mass is 32.2. The second-order valence-corrected chi connectivity index (χ2v) is 6.50. The zero-order valence-corrected chi connectivity index (χ0v) is 13.0. The molecule has 110 valence electrons. The van der Waals surface area contributed by atoms with Crippen LogP contribution in [0, 0.1) is 5.82 Å². The Morgan fingerprint density at radius 1 is 1.19 bits per heavy atom. The van der Waals surface area contributed by atoms with Crippen LogP contribution in [-0.4, -0.2) is 9.97 Å². The van der Waals surface area contributed by atoms with Crippen molar-refractivity contribution in [3.05, 3.63) is 52.9 Å². The average molecular weight is 303 g/mol. The van der Waals surface area contributed by atoms with E-state index < -0.39 is 0 Å². The van der Waals surface area contributed by atoms with Crippen molar-refractivity contribution in [2.24, 2.45) is 0 Å². The molecular weight excluding hydrogens is 285 g/mol. The molecule has 1 aromatic heterocycles. The molecule has 5 heteroatoms. The Morgan fingerprint density at radius 3 is 2.67 bits per heavy atom. The number of aromatic nitrogens is 2. The van der Waals surface area contributed by atoms with Gasteiger partial charge in [-0.1, -0.05) is 13.8 Å². The molecule has 1 aliphatic rings. The lowest BCUT2D eigenvalue weighted by Crippen LogP contribution is -2.06. The van der Waals surface area contributed by atoms with Gasteiger partial charge in [-0.25, -0.2) is 14.4 Å². The molecule has 0 spiro atoms. The van der Waals surface area contributed by atoms with E-state index >= 15 is 0 Å². The molecule has 0 atom stereocenters. The average Bonchev–Trinajstić information content (AvgIpc) is 2.94. The number of nitrogens with zero attached hydrogens (tertiary/aromatic N) is 2. The normalized spacial score (nSPS) is 13.7. The molecule has 1 aliphatic heterocycles. The molecule has 0 fully saturated rings. The minimum absolute atomic E-state index is 0.207. The summed E-state index contributed by atoms with van der Waals surface area (Å²) in [4.78, 5) is 10.4. The van der Waals surface area contributed by atoms with Crippen LogP contribution in [0.15, 0.2) is 29.2 Å². The Hall–Kier alpha value is -1.46. The molecule has 0 amide bonds. The lowest BCUT2D eigenvalue weighted by molar-refractivity contribution is 0.626. The minimum Gasteiger partial charge on any atom is -0.307 e. The van der Waals surface area contributed by atoms with Crippen LogP contribution in [0.25, 0.3) is 0 Å². The van der Waals surface area contributed by atoms with Crippen molar-refractivity contribution in [3.8, 4) is 0 Å². The summed E-state index contributed by atoms with van der Waals surface area (Å²) < 4.78 is 12.9. The maximum atomic E-state index is 12.9.